The predicted octanol–water partition coefficient (Wildman–Crippen LogP) is 6.60. The van der Waals surface area contributed by atoms with E-state index in [9.17, 15) is 9.59 Å². The zero-order valence-electron chi connectivity index (χ0n) is 21.5. The molecular formula is C31H40O4. The van der Waals surface area contributed by atoms with Crippen molar-refractivity contribution in [1.29, 1.82) is 0 Å². The van der Waals surface area contributed by atoms with Crippen molar-refractivity contribution in [2.75, 3.05) is 0 Å². The minimum Gasteiger partial charge on any atom is -0.462 e. The van der Waals surface area contributed by atoms with Crippen LogP contribution in [0.4, 0.5) is 0 Å². The van der Waals surface area contributed by atoms with E-state index >= 15 is 0 Å². The molecule has 5 aliphatic rings. The van der Waals surface area contributed by atoms with Crippen LogP contribution in [0.5, 0.6) is 0 Å². The van der Waals surface area contributed by atoms with Gasteiger partial charge in [0.2, 0.25) is 0 Å². The van der Waals surface area contributed by atoms with Crippen molar-refractivity contribution >= 4 is 11.8 Å². The van der Waals surface area contributed by atoms with Crippen LogP contribution in [-0.4, -0.2) is 24.0 Å². The molecule has 6 rings (SSSR count). The summed E-state index contributed by atoms with van der Waals surface area (Å²) in [6.07, 6.45) is 11.6. The second-order valence-corrected chi connectivity index (χ2v) is 12.6. The van der Waals surface area contributed by atoms with Crippen molar-refractivity contribution in [3.05, 3.63) is 47.5 Å². The van der Waals surface area contributed by atoms with Crippen LogP contribution >= 0.6 is 0 Å². The van der Waals surface area contributed by atoms with Crippen LogP contribution in [0.3, 0.4) is 0 Å². The smallest absolute Gasteiger partial charge is 0.308 e. The van der Waals surface area contributed by atoms with Crippen molar-refractivity contribution in [2.45, 2.75) is 96.9 Å². The largest absolute Gasteiger partial charge is 0.462 e. The van der Waals surface area contributed by atoms with Gasteiger partial charge in [0.1, 0.15) is 18.0 Å². The Hall–Kier alpha value is -1.94. The average molecular weight is 477 g/mol. The standard InChI is InChI=1S/C31H40O4/c1-19(32)24-11-12-25-23-10-9-21-17-22(13-15-30(21,2)26(23)14-16-31(24,25)3)34-28(33)18-27-29(35-27)20-7-5-4-6-8-20/h4-9,22-27,29H,10-18H2,1-3H3/t22-,23-,24+,25-,26-,27?,29?,30-,31+/m0/s1. The van der Waals surface area contributed by atoms with E-state index in [-0.39, 0.29) is 41.0 Å². The van der Waals surface area contributed by atoms with Crippen LogP contribution in [0.1, 0.15) is 90.2 Å². The first-order chi connectivity index (χ1) is 16.8. The number of benzene rings is 1. The zero-order chi connectivity index (χ0) is 24.4. The summed E-state index contributed by atoms with van der Waals surface area (Å²) in [5.41, 5.74) is 3.09. The summed E-state index contributed by atoms with van der Waals surface area (Å²) in [7, 11) is 0. The van der Waals surface area contributed by atoms with Gasteiger partial charge in [0.25, 0.3) is 0 Å². The maximum atomic E-state index is 12.7. The van der Waals surface area contributed by atoms with Crippen LogP contribution in [-0.2, 0) is 19.1 Å². The maximum absolute atomic E-state index is 12.7. The first-order valence-electron chi connectivity index (χ1n) is 13.9. The van der Waals surface area contributed by atoms with E-state index in [0.29, 0.717) is 30.0 Å². The van der Waals surface area contributed by atoms with Crippen LogP contribution in [0.2, 0.25) is 0 Å². The Kier molecular flexibility index (Phi) is 5.75. The second-order valence-electron chi connectivity index (χ2n) is 12.6. The third-order valence-corrected chi connectivity index (χ3v) is 10.9. The van der Waals surface area contributed by atoms with Crippen LogP contribution in [0.25, 0.3) is 0 Å². The van der Waals surface area contributed by atoms with Gasteiger partial charge in [-0.05, 0) is 86.0 Å². The molecule has 1 heterocycles. The van der Waals surface area contributed by atoms with E-state index in [1.54, 1.807) is 0 Å². The highest BCUT2D eigenvalue weighted by atomic mass is 16.6. The van der Waals surface area contributed by atoms with Gasteiger partial charge in [-0.2, -0.15) is 0 Å². The van der Waals surface area contributed by atoms with Crippen molar-refractivity contribution in [3.63, 3.8) is 0 Å². The summed E-state index contributed by atoms with van der Waals surface area (Å²) in [5.74, 6) is 2.63. The molecule has 4 heteroatoms. The average Bonchev–Trinajstić information content (AvgIpc) is 3.49. The maximum Gasteiger partial charge on any atom is 0.308 e. The van der Waals surface area contributed by atoms with Gasteiger partial charge in [-0.3, -0.25) is 9.59 Å². The fourth-order valence-corrected chi connectivity index (χ4v) is 9.03. The third kappa shape index (κ3) is 3.91. The van der Waals surface area contributed by atoms with E-state index in [2.05, 4.69) is 32.1 Å². The summed E-state index contributed by atoms with van der Waals surface area (Å²) < 4.78 is 11.7. The number of hydrogen-bond donors (Lipinski definition) is 0. The molecule has 0 radical (unpaired) electrons. The molecule has 9 atom stereocenters. The monoisotopic (exact) mass is 476 g/mol. The van der Waals surface area contributed by atoms with E-state index in [0.717, 1.165) is 37.7 Å². The summed E-state index contributed by atoms with van der Waals surface area (Å²) in [4.78, 5) is 25.1. The van der Waals surface area contributed by atoms with Gasteiger partial charge in [0.05, 0.1) is 12.5 Å². The van der Waals surface area contributed by atoms with Gasteiger partial charge in [0.15, 0.2) is 0 Å². The van der Waals surface area contributed by atoms with Gasteiger partial charge in [-0.15, -0.1) is 0 Å². The fourth-order valence-electron chi connectivity index (χ4n) is 9.03. The molecule has 35 heavy (non-hydrogen) atoms. The number of epoxide rings is 1. The molecule has 188 valence electrons. The van der Waals surface area contributed by atoms with E-state index in [1.807, 2.05) is 25.1 Å². The summed E-state index contributed by atoms with van der Waals surface area (Å²) >= 11 is 0. The van der Waals surface area contributed by atoms with Gasteiger partial charge in [-0.1, -0.05) is 55.8 Å². The highest BCUT2D eigenvalue weighted by molar-refractivity contribution is 5.79. The number of ether oxygens (including phenoxy) is 2. The Balaban J connectivity index is 1.08. The molecular weight excluding hydrogens is 436 g/mol. The molecule has 1 saturated heterocycles. The molecule has 2 unspecified atom stereocenters. The molecule has 1 aromatic rings. The molecule has 0 bridgehead atoms. The second kappa shape index (κ2) is 8.57. The molecule has 0 N–H and O–H groups in total. The molecule has 4 nitrogen and oxygen atoms in total. The molecule has 4 aliphatic carbocycles. The number of ketones is 1. The van der Waals surface area contributed by atoms with E-state index in [1.165, 1.54) is 24.8 Å². The highest BCUT2D eigenvalue weighted by Gasteiger charge is 2.59. The predicted molar refractivity (Wildman–Crippen MR) is 134 cm³/mol. The molecule has 1 aromatic carbocycles. The minimum atomic E-state index is -0.119. The van der Waals surface area contributed by atoms with Gasteiger partial charge >= 0.3 is 5.97 Å². The molecule has 0 aromatic heterocycles. The number of esters is 1. The first kappa shape index (κ1) is 23.5. The number of carbonyl (C=O) groups is 2. The zero-order valence-corrected chi connectivity index (χ0v) is 21.5. The molecule has 4 fully saturated rings. The lowest BCUT2D eigenvalue weighted by molar-refractivity contribution is -0.152. The molecule has 0 spiro atoms. The molecule has 0 amide bonds. The van der Waals surface area contributed by atoms with Crippen molar-refractivity contribution in [1.82, 2.24) is 0 Å². The topological polar surface area (TPSA) is 55.9 Å². The normalized spacial score (nSPS) is 43.9. The quantitative estimate of drug-likeness (QED) is 0.273. The minimum absolute atomic E-state index is 0.00488. The van der Waals surface area contributed by atoms with Crippen molar-refractivity contribution in [3.8, 4) is 0 Å². The van der Waals surface area contributed by atoms with Crippen molar-refractivity contribution in [2.24, 2.45) is 34.5 Å². The van der Waals surface area contributed by atoms with Crippen LogP contribution < -0.4 is 0 Å². The number of allylic oxidation sites excluding steroid dienone is 1. The number of rotatable bonds is 5. The summed E-state index contributed by atoms with van der Waals surface area (Å²) in [6.45, 7) is 6.71. The van der Waals surface area contributed by atoms with E-state index < -0.39 is 0 Å². The Morgan fingerprint density at radius 3 is 2.60 bits per heavy atom. The molecule has 3 saturated carbocycles. The van der Waals surface area contributed by atoms with Crippen molar-refractivity contribution < 1.29 is 19.1 Å². The van der Waals surface area contributed by atoms with Gasteiger partial charge < -0.3 is 9.47 Å². The number of carbonyl (C=O) groups excluding carboxylic acids is 2. The highest BCUT2D eigenvalue weighted by Crippen LogP contribution is 2.66. The first-order valence-corrected chi connectivity index (χ1v) is 13.9. The molecule has 1 aliphatic heterocycles. The SMILES string of the molecule is CC(=O)[C@H]1CC[C@H]2[C@@H]3CC=C4C[C@@H](OC(=O)CC5OC5c5ccccc5)CC[C@]4(C)[C@H]3CC[C@]12C. The Morgan fingerprint density at radius 1 is 1.03 bits per heavy atom. The third-order valence-electron chi connectivity index (χ3n) is 10.9. The van der Waals surface area contributed by atoms with Gasteiger partial charge in [-0.25, -0.2) is 0 Å². The fraction of sp³-hybridized carbons (Fsp3) is 0.677. The summed E-state index contributed by atoms with van der Waals surface area (Å²) in [6, 6.07) is 10.1. The Morgan fingerprint density at radius 2 is 1.83 bits per heavy atom. The van der Waals surface area contributed by atoms with Gasteiger partial charge in [0, 0.05) is 12.3 Å². The number of fused-ring (bicyclic) bond motifs is 5. The number of hydrogen-bond acceptors (Lipinski definition) is 4. The van der Waals surface area contributed by atoms with Crippen LogP contribution in [0.15, 0.2) is 42.0 Å². The lowest BCUT2D eigenvalue weighted by Gasteiger charge is -2.58. The summed E-state index contributed by atoms with van der Waals surface area (Å²) in [5, 5.41) is 0. The van der Waals surface area contributed by atoms with E-state index in [4.69, 9.17) is 9.47 Å². The lowest BCUT2D eigenvalue weighted by atomic mass is 9.47. The number of Topliss-reactive ketones (excluding diaryl/α,β-unsaturated/α-hetero) is 1. The Labute approximate surface area is 209 Å². The lowest BCUT2D eigenvalue weighted by Crippen LogP contribution is -2.51. The Bertz CT molecular complexity index is 1030. The van der Waals surface area contributed by atoms with Crippen LogP contribution in [0, 0.1) is 34.5 Å².